The van der Waals surface area contributed by atoms with E-state index in [9.17, 15) is 0 Å². The lowest BCUT2D eigenvalue weighted by molar-refractivity contribution is 1.06. The molecule has 6 heteroatoms. The maximum absolute atomic E-state index is 5.32. The fraction of sp³-hybridized carbons (Fsp3) is 0. The standard InChI is InChI=1S/C39H23N5S/c1-3-12-24(13-4-1)37-41-35-27-17-8-10-20-32(27)45-36(35)39(42-37)44-31-22-21-30-33(34(31)28-18-11-23-40-38(28)44)26-16-7-9-19-29(26)43(30)25-14-5-2-6-15-25/h1-23H. The average molecular weight is 594 g/mol. The number of pyridine rings is 1. The Morgan fingerprint density at radius 3 is 2.02 bits per heavy atom. The molecule has 0 amide bonds. The van der Waals surface area contributed by atoms with Crippen molar-refractivity contribution < 1.29 is 0 Å². The van der Waals surface area contributed by atoms with Gasteiger partial charge in [-0.15, -0.1) is 11.3 Å². The van der Waals surface area contributed by atoms with E-state index >= 15 is 0 Å². The molecule has 10 aromatic rings. The Balaban J connectivity index is 1.40. The molecule has 0 saturated carbocycles. The summed E-state index contributed by atoms with van der Waals surface area (Å²) in [6, 6.07) is 46.8. The molecular weight excluding hydrogens is 571 g/mol. The van der Waals surface area contributed by atoms with Gasteiger partial charge in [-0.3, -0.25) is 4.57 Å². The first-order chi connectivity index (χ1) is 22.3. The lowest BCUT2D eigenvalue weighted by atomic mass is 10.1. The van der Waals surface area contributed by atoms with Gasteiger partial charge in [-0.05, 0) is 48.5 Å². The molecule has 0 fully saturated rings. The summed E-state index contributed by atoms with van der Waals surface area (Å²) in [7, 11) is 0. The minimum atomic E-state index is 0.703. The van der Waals surface area contributed by atoms with Crippen LogP contribution in [0.25, 0.3) is 86.9 Å². The Morgan fingerprint density at radius 1 is 0.511 bits per heavy atom. The van der Waals surface area contributed by atoms with E-state index in [-0.39, 0.29) is 0 Å². The van der Waals surface area contributed by atoms with Gasteiger partial charge in [-0.25, -0.2) is 15.0 Å². The number of nitrogens with zero attached hydrogens (tertiary/aromatic N) is 5. The Labute approximate surface area is 261 Å². The van der Waals surface area contributed by atoms with Crippen molar-refractivity contribution in [1.82, 2.24) is 24.1 Å². The first-order valence-electron chi connectivity index (χ1n) is 15.0. The Kier molecular flexibility index (Phi) is 5.09. The van der Waals surface area contributed by atoms with E-state index < -0.39 is 0 Å². The lowest BCUT2D eigenvalue weighted by Crippen LogP contribution is -2.02. The van der Waals surface area contributed by atoms with Crippen molar-refractivity contribution in [3.63, 3.8) is 0 Å². The lowest BCUT2D eigenvalue weighted by Gasteiger charge is -2.10. The molecule has 0 aliphatic heterocycles. The molecule has 0 aliphatic rings. The van der Waals surface area contributed by atoms with Crippen LogP contribution in [0.5, 0.6) is 0 Å². The normalized spacial score (nSPS) is 12.0. The summed E-state index contributed by atoms with van der Waals surface area (Å²) in [5.41, 5.74) is 7.38. The van der Waals surface area contributed by atoms with Gasteiger partial charge in [-0.1, -0.05) is 84.9 Å². The van der Waals surface area contributed by atoms with E-state index in [2.05, 4.69) is 118 Å². The fourth-order valence-electron chi connectivity index (χ4n) is 6.91. The van der Waals surface area contributed by atoms with Gasteiger partial charge in [0.1, 0.15) is 5.65 Å². The summed E-state index contributed by atoms with van der Waals surface area (Å²) in [5, 5.41) is 5.84. The predicted octanol–water partition coefficient (Wildman–Crippen LogP) is 10.1. The predicted molar refractivity (Wildman–Crippen MR) is 187 cm³/mol. The topological polar surface area (TPSA) is 48.5 Å². The van der Waals surface area contributed by atoms with E-state index in [1.165, 1.54) is 26.4 Å². The third-order valence-electron chi connectivity index (χ3n) is 8.79. The molecule has 0 saturated heterocycles. The number of aromatic nitrogens is 5. The number of thiophene rings is 1. The van der Waals surface area contributed by atoms with Gasteiger partial charge in [0.25, 0.3) is 0 Å². The number of para-hydroxylation sites is 2. The molecule has 0 N–H and O–H groups in total. The third-order valence-corrected chi connectivity index (χ3v) is 9.94. The number of benzene rings is 5. The van der Waals surface area contributed by atoms with E-state index in [4.69, 9.17) is 15.0 Å². The van der Waals surface area contributed by atoms with E-state index in [1.807, 2.05) is 30.5 Å². The molecule has 10 rings (SSSR count). The smallest absolute Gasteiger partial charge is 0.162 e. The van der Waals surface area contributed by atoms with Crippen LogP contribution in [-0.4, -0.2) is 24.1 Å². The van der Waals surface area contributed by atoms with Crippen molar-refractivity contribution >= 4 is 75.4 Å². The highest BCUT2D eigenvalue weighted by molar-refractivity contribution is 7.26. The summed E-state index contributed by atoms with van der Waals surface area (Å²) in [5.74, 6) is 1.55. The van der Waals surface area contributed by atoms with E-state index in [1.54, 1.807) is 11.3 Å². The molecule has 5 aromatic carbocycles. The first kappa shape index (κ1) is 24.6. The van der Waals surface area contributed by atoms with Gasteiger partial charge < -0.3 is 4.57 Å². The fourth-order valence-corrected chi connectivity index (χ4v) is 8.03. The molecule has 0 spiro atoms. The molecule has 5 nitrogen and oxygen atoms in total. The molecule has 0 atom stereocenters. The van der Waals surface area contributed by atoms with Gasteiger partial charge in [0, 0.05) is 49.1 Å². The molecule has 0 bridgehead atoms. The van der Waals surface area contributed by atoms with Crippen molar-refractivity contribution in [3.05, 3.63) is 140 Å². The van der Waals surface area contributed by atoms with Crippen LogP contribution < -0.4 is 0 Å². The summed E-state index contributed by atoms with van der Waals surface area (Å²) >= 11 is 1.74. The van der Waals surface area contributed by atoms with Gasteiger partial charge in [0.05, 0.1) is 26.8 Å². The molecule has 45 heavy (non-hydrogen) atoms. The van der Waals surface area contributed by atoms with Crippen LogP contribution in [0.1, 0.15) is 0 Å². The highest BCUT2D eigenvalue weighted by atomic mass is 32.1. The maximum atomic E-state index is 5.32. The van der Waals surface area contributed by atoms with Gasteiger partial charge in [0.15, 0.2) is 11.6 Å². The molecule has 0 unspecified atom stereocenters. The first-order valence-corrected chi connectivity index (χ1v) is 15.8. The van der Waals surface area contributed by atoms with Crippen molar-refractivity contribution in [3.8, 4) is 22.9 Å². The summed E-state index contributed by atoms with van der Waals surface area (Å²) < 4.78 is 6.86. The minimum absolute atomic E-state index is 0.703. The molecule has 0 radical (unpaired) electrons. The van der Waals surface area contributed by atoms with Crippen LogP contribution in [0.4, 0.5) is 0 Å². The van der Waals surface area contributed by atoms with E-state index in [0.717, 1.165) is 54.7 Å². The van der Waals surface area contributed by atoms with Crippen LogP contribution in [0, 0.1) is 0 Å². The van der Waals surface area contributed by atoms with Crippen LogP contribution >= 0.6 is 11.3 Å². The minimum Gasteiger partial charge on any atom is -0.309 e. The average Bonchev–Trinajstić information content (AvgIpc) is 3.76. The summed E-state index contributed by atoms with van der Waals surface area (Å²) in [4.78, 5) is 15.5. The van der Waals surface area contributed by atoms with Gasteiger partial charge in [0.2, 0.25) is 0 Å². The second-order valence-electron chi connectivity index (χ2n) is 11.3. The number of hydrogen-bond donors (Lipinski definition) is 0. The van der Waals surface area contributed by atoms with Crippen LogP contribution in [0.3, 0.4) is 0 Å². The highest BCUT2D eigenvalue weighted by Crippen LogP contribution is 2.44. The SMILES string of the molecule is c1ccc(-c2nc(-n3c4ccc5c(c6ccccc6n5-c5ccccc5)c4c4cccnc43)c3sc4ccccc4c3n2)cc1. The van der Waals surface area contributed by atoms with Crippen LogP contribution in [0.15, 0.2) is 140 Å². The second-order valence-corrected chi connectivity index (χ2v) is 12.3. The van der Waals surface area contributed by atoms with Crippen molar-refractivity contribution in [1.29, 1.82) is 0 Å². The summed E-state index contributed by atoms with van der Waals surface area (Å²) in [6.07, 6.45) is 1.88. The largest absolute Gasteiger partial charge is 0.309 e. The summed E-state index contributed by atoms with van der Waals surface area (Å²) in [6.45, 7) is 0. The highest BCUT2D eigenvalue weighted by Gasteiger charge is 2.24. The maximum Gasteiger partial charge on any atom is 0.162 e. The van der Waals surface area contributed by atoms with Gasteiger partial charge in [-0.2, -0.15) is 0 Å². The van der Waals surface area contributed by atoms with Crippen LogP contribution in [0.2, 0.25) is 0 Å². The van der Waals surface area contributed by atoms with Crippen molar-refractivity contribution in [2.24, 2.45) is 0 Å². The third kappa shape index (κ3) is 3.45. The molecule has 210 valence electrons. The number of hydrogen-bond acceptors (Lipinski definition) is 4. The number of rotatable bonds is 3. The quantitative estimate of drug-likeness (QED) is 0.205. The number of fused-ring (bicyclic) bond motifs is 10. The zero-order valence-electron chi connectivity index (χ0n) is 23.9. The van der Waals surface area contributed by atoms with Crippen molar-refractivity contribution in [2.75, 3.05) is 0 Å². The Hall–Kier alpha value is -5.85. The van der Waals surface area contributed by atoms with E-state index in [0.29, 0.717) is 5.82 Å². The molecule has 0 aliphatic carbocycles. The zero-order chi connectivity index (χ0) is 29.5. The monoisotopic (exact) mass is 593 g/mol. The Morgan fingerprint density at radius 2 is 1.18 bits per heavy atom. The molecule has 5 heterocycles. The molecular formula is C39H23N5S. The van der Waals surface area contributed by atoms with Gasteiger partial charge >= 0.3 is 0 Å². The Bertz CT molecular complexity index is 2760. The van der Waals surface area contributed by atoms with Crippen LogP contribution in [-0.2, 0) is 0 Å². The second kappa shape index (κ2) is 9.32. The zero-order valence-corrected chi connectivity index (χ0v) is 24.7. The molecule has 5 aromatic heterocycles. The van der Waals surface area contributed by atoms with Crippen molar-refractivity contribution in [2.45, 2.75) is 0 Å².